The normalized spacial score (nSPS) is 10.8. The van der Waals surface area contributed by atoms with Crippen molar-refractivity contribution in [1.82, 2.24) is 4.98 Å². The predicted molar refractivity (Wildman–Crippen MR) is 75.3 cm³/mol. The van der Waals surface area contributed by atoms with Crippen LogP contribution in [-0.4, -0.2) is 4.98 Å². The zero-order chi connectivity index (χ0) is 12.6. The standard InChI is InChI=1S/C12H12Cl2N2S/c1-6-3-10(14)8(4-9(6)13)5-11-7(2)16-12(15)17-11/h3-4H,5H2,1-2H3,(H2,15,16). The van der Waals surface area contributed by atoms with E-state index in [4.69, 9.17) is 28.9 Å². The van der Waals surface area contributed by atoms with Crippen molar-refractivity contribution >= 4 is 39.7 Å². The van der Waals surface area contributed by atoms with Crippen LogP contribution in [0.15, 0.2) is 12.1 Å². The van der Waals surface area contributed by atoms with E-state index in [-0.39, 0.29) is 0 Å². The van der Waals surface area contributed by atoms with Gasteiger partial charge in [0.15, 0.2) is 5.13 Å². The molecule has 0 atom stereocenters. The van der Waals surface area contributed by atoms with Crippen LogP contribution in [0.3, 0.4) is 0 Å². The summed E-state index contributed by atoms with van der Waals surface area (Å²) in [5.41, 5.74) is 8.63. The van der Waals surface area contributed by atoms with Crippen molar-refractivity contribution in [2.45, 2.75) is 20.3 Å². The third-order valence-electron chi connectivity index (χ3n) is 2.59. The van der Waals surface area contributed by atoms with Crippen LogP contribution in [0.25, 0.3) is 0 Å². The monoisotopic (exact) mass is 286 g/mol. The Morgan fingerprint density at radius 3 is 2.53 bits per heavy atom. The van der Waals surface area contributed by atoms with Gasteiger partial charge in [-0.25, -0.2) is 4.98 Å². The second kappa shape index (κ2) is 4.84. The van der Waals surface area contributed by atoms with E-state index in [0.29, 0.717) is 5.13 Å². The summed E-state index contributed by atoms with van der Waals surface area (Å²) in [5, 5.41) is 2.06. The van der Waals surface area contributed by atoms with Gasteiger partial charge in [-0.3, -0.25) is 0 Å². The van der Waals surface area contributed by atoms with Gasteiger partial charge in [0.2, 0.25) is 0 Å². The number of hydrogen-bond donors (Lipinski definition) is 1. The smallest absolute Gasteiger partial charge is 0.180 e. The average Bonchev–Trinajstić information content (AvgIpc) is 2.54. The van der Waals surface area contributed by atoms with Crippen molar-refractivity contribution < 1.29 is 0 Å². The van der Waals surface area contributed by atoms with Gasteiger partial charge in [0.1, 0.15) is 0 Å². The molecule has 0 spiro atoms. The van der Waals surface area contributed by atoms with Crippen molar-refractivity contribution in [3.8, 4) is 0 Å². The minimum atomic E-state index is 0.590. The highest BCUT2D eigenvalue weighted by Gasteiger charge is 2.10. The van der Waals surface area contributed by atoms with Gasteiger partial charge < -0.3 is 5.73 Å². The number of rotatable bonds is 2. The van der Waals surface area contributed by atoms with E-state index in [0.717, 1.165) is 38.2 Å². The zero-order valence-electron chi connectivity index (χ0n) is 9.55. The van der Waals surface area contributed by atoms with Gasteiger partial charge in [0.25, 0.3) is 0 Å². The second-order valence-corrected chi connectivity index (χ2v) is 5.86. The van der Waals surface area contributed by atoms with Crippen LogP contribution >= 0.6 is 34.5 Å². The van der Waals surface area contributed by atoms with Crippen molar-refractivity contribution in [2.24, 2.45) is 0 Å². The molecule has 0 unspecified atom stereocenters. The van der Waals surface area contributed by atoms with Crippen molar-refractivity contribution in [2.75, 3.05) is 5.73 Å². The summed E-state index contributed by atoms with van der Waals surface area (Å²) in [5.74, 6) is 0. The number of nitrogen functional groups attached to an aromatic ring is 1. The number of nitrogens with two attached hydrogens (primary N) is 1. The van der Waals surface area contributed by atoms with Gasteiger partial charge in [-0.05, 0) is 37.1 Å². The Morgan fingerprint density at radius 2 is 1.94 bits per heavy atom. The number of aromatic nitrogens is 1. The Bertz CT molecular complexity index is 564. The first-order valence-corrected chi connectivity index (χ1v) is 6.71. The molecule has 1 aromatic carbocycles. The molecule has 0 saturated heterocycles. The van der Waals surface area contributed by atoms with E-state index >= 15 is 0 Å². The zero-order valence-corrected chi connectivity index (χ0v) is 11.9. The van der Waals surface area contributed by atoms with Crippen LogP contribution in [0.2, 0.25) is 10.0 Å². The number of halogens is 2. The molecule has 0 fully saturated rings. The summed E-state index contributed by atoms with van der Waals surface area (Å²) >= 11 is 13.8. The lowest BCUT2D eigenvalue weighted by Crippen LogP contribution is -1.91. The Hall–Kier alpha value is -0.770. The highest BCUT2D eigenvalue weighted by Crippen LogP contribution is 2.29. The van der Waals surface area contributed by atoms with E-state index in [9.17, 15) is 0 Å². The molecular weight excluding hydrogens is 275 g/mol. The first kappa shape index (κ1) is 12.7. The highest BCUT2D eigenvalue weighted by molar-refractivity contribution is 7.15. The Balaban J connectivity index is 2.36. The van der Waals surface area contributed by atoms with Crippen LogP contribution in [0.4, 0.5) is 5.13 Å². The quantitative estimate of drug-likeness (QED) is 0.897. The molecule has 2 nitrogen and oxygen atoms in total. The van der Waals surface area contributed by atoms with Gasteiger partial charge in [0.05, 0.1) is 5.69 Å². The van der Waals surface area contributed by atoms with Gasteiger partial charge in [0, 0.05) is 21.3 Å². The molecule has 17 heavy (non-hydrogen) atoms. The lowest BCUT2D eigenvalue weighted by Gasteiger charge is -2.06. The topological polar surface area (TPSA) is 38.9 Å². The fourth-order valence-corrected chi connectivity index (χ4v) is 2.94. The molecule has 0 saturated carbocycles. The minimum absolute atomic E-state index is 0.590. The third kappa shape index (κ3) is 2.73. The molecule has 1 aromatic heterocycles. The van der Waals surface area contributed by atoms with Gasteiger partial charge in [-0.15, -0.1) is 11.3 Å². The molecule has 0 aliphatic carbocycles. The highest BCUT2D eigenvalue weighted by atomic mass is 35.5. The Morgan fingerprint density at radius 1 is 1.24 bits per heavy atom. The molecule has 90 valence electrons. The van der Waals surface area contributed by atoms with Crippen LogP contribution < -0.4 is 5.73 Å². The minimum Gasteiger partial charge on any atom is -0.375 e. The first-order chi connectivity index (χ1) is 7.97. The summed E-state index contributed by atoms with van der Waals surface area (Å²) in [7, 11) is 0. The summed E-state index contributed by atoms with van der Waals surface area (Å²) in [4.78, 5) is 5.33. The molecule has 0 radical (unpaired) electrons. The number of aryl methyl sites for hydroxylation is 2. The molecule has 0 aliphatic heterocycles. The van der Waals surface area contributed by atoms with E-state index in [1.54, 1.807) is 0 Å². The summed E-state index contributed by atoms with van der Waals surface area (Å²) in [6, 6.07) is 3.80. The largest absolute Gasteiger partial charge is 0.375 e. The van der Waals surface area contributed by atoms with Gasteiger partial charge in [-0.1, -0.05) is 23.2 Å². The Labute approximate surface area is 114 Å². The molecule has 5 heteroatoms. The van der Waals surface area contributed by atoms with Crippen LogP contribution in [-0.2, 0) is 6.42 Å². The van der Waals surface area contributed by atoms with E-state index in [1.165, 1.54) is 11.3 Å². The SMILES string of the molecule is Cc1cc(Cl)c(Cc2sc(N)nc2C)cc1Cl. The molecule has 0 amide bonds. The number of anilines is 1. The molecule has 0 bridgehead atoms. The van der Waals surface area contributed by atoms with Crippen LogP contribution in [0.1, 0.15) is 21.7 Å². The maximum Gasteiger partial charge on any atom is 0.180 e. The molecule has 1 heterocycles. The summed E-state index contributed by atoms with van der Waals surface area (Å²) in [6.45, 7) is 3.89. The van der Waals surface area contributed by atoms with Crippen LogP contribution in [0.5, 0.6) is 0 Å². The van der Waals surface area contributed by atoms with Gasteiger partial charge in [-0.2, -0.15) is 0 Å². The molecular formula is C12H12Cl2N2S. The maximum absolute atomic E-state index is 6.20. The first-order valence-electron chi connectivity index (χ1n) is 5.13. The van der Waals surface area contributed by atoms with E-state index in [2.05, 4.69) is 4.98 Å². The van der Waals surface area contributed by atoms with E-state index < -0.39 is 0 Å². The van der Waals surface area contributed by atoms with E-state index in [1.807, 2.05) is 26.0 Å². The second-order valence-electron chi connectivity index (χ2n) is 3.93. The maximum atomic E-state index is 6.20. The molecule has 0 aliphatic rings. The fraction of sp³-hybridized carbons (Fsp3) is 0.250. The number of hydrogen-bond acceptors (Lipinski definition) is 3. The number of nitrogens with zero attached hydrogens (tertiary/aromatic N) is 1. The fourth-order valence-electron chi connectivity index (χ4n) is 1.61. The lowest BCUT2D eigenvalue weighted by atomic mass is 10.1. The summed E-state index contributed by atoms with van der Waals surface area (Å²) < 4.78 is 0. The number of benzene rings is 1. The van der Waals surface area contributed by atoms with Crippen molar-refractivity contribution in [3.63, 3.8) is 0 Å². The summed E-state index contributed by atoms with van der Waals surface area (Å²) in [6.07, 6.45) is 0.722. The van der Waals surface area contributed by atoms with Crippen molar-refractivity contribution in [1.29, 1.82) is 0 Å². The molecule has 2 aromatic rings. The van der Waals surface area contributed by atoms with Gasteiger partial charge >= 0.3 is 0 Å². The van der Waals surface area contributed by atoms with Crippen LogP contribution in [0, 0.1) is 13.8 Å². The third-order valence-corrected chi connectivity index (χ3v) is 4.33. The Kier molecular flexibility index (Phi) is 3.61. The average molecular weight is 287 g/mol. The number of thiazole rings is 1. The lowest BCUT2D eigenvalue weighted by molar-refractivity contribution is 1.15. The predicted octanol–water partition coefficient (Wildman–Crippen LogP) is 4.24. The van der Waals surface area contributed by atoms with Crippen molar-refractivity contribution in [3.05, 3.63) is 43.9 Å². The molecule has 2 rings (SSSR count). The molecule has 2 N–H and O–H groups in total.